The number of benzene rings is 1. The highest BCUT2D eigenvalue weighted by Gasteiger charge is 2.45. The molecule has 0 amide bonds. The average molecular weight is 311 g/mol. The summed E-state index contributed by atoms with van der Waals surface area (Å²) in [5.74, 6) is 0.575. The molecule has 1 aliphatic heterocycles. The molecule has 3 rings (SSSR count). The molecule has 2 aliphatic rings. The van der Waals surface area contributed by atoms with E-state index in [9.17, 15) is 18.5 Å². The van der Waals surface area contributed by atoms with Gasteiger partial charge in [0.1, 0.15) is 0 Å². The summed E-state index contributed by atoms with van der Waals surface area (Å²) in [5, 5.41) is 10.6. The minimum atomic E-state index is -3.59. The normalized spacial score (nSPS) is 29.5. The van der Waals surface area contributed by atoms with Crippen LogP contribution in [0.5, 0.6) is 0 Å². The van der Waals surface area contributed by atoms with Crippen molar-refractivity contribution in [2.75, 3.05) is 13.1 Å². The van der Waals surface area contributed by atoms with Crippen LogP contribution in [0.1, 0.15) is 12.8 Å². The number of nitrogens with two attached hydrogens (primary N) is 1. The van der Waals surface area contributed by atoms with E-state index in [-0.39, 0.29) is 22.5 Å². The SMILES string of the molecule is N[C@@H]1CC[C@H]2CN(S(=O)(=O)c3ccc([N+](=O)[O-])cc3)C[C@@H]21. The number of rotatable bonds is 3. The highest BCUT2D eigenvalue weighted by Crippen LogP contribution is 2.39. The minimum absolute atomic E-state index is 0.0760. The Labute approximate surface area is 122 Å². The van der Waals surface area contributed by atoms with Crippen molar-refractivity contribution in [3.8, 4) is 0 Å². The number of fused-ring (bicyclic) bond motifs is 1. The van der Waals surface area contributed by atoms with Crippen LogP contribution in [0.15, 0.2) is 29.2 Å². The van der Waals surface area contributed by atoms with Crippen LogP contribution in [0.2, 0.25) is 0 Å². The topological polar surface area (TPSA) is 107 Å². The fraction of sp³-hybridized carbons (Fsp3) is 0.538. The van der Waals surface area contributed by atoms with Gasteiger partial charge in [-0.05, 0) is 36.8 Å². The summed E-state index contributed by atoms with van der Waals surface area (Å²) in [6.07, 6.45) is 1.93. The van der Waals surface area contributed by atoms with Crippen LogP contribution in [-0.4, -0.2) is 36.8 Å². The average Bonchev–Trinajstić information content (AvgIpc) is 3.02. The van der Waals surface area contributed by atoms with Crippen molar-refractivity contribution < 1.29 is 13.3 Å². The van der Waals surface area contributed by atoms with Crippen molar-refractivity contribution in [1.82, 2.24) is 4.31 Å². The molecular formula is C13H17N3O4S. The zero-order valence-electron chi connectivity index (χ0n) is 11.4. The molecule has 2 fully saturated rings. The van der Waals surface area contributed by atoms with Crippen LogP contribution in [0.4, 0.5) is 5.69 Å². The number of hydrogen-bond donors (Lipinski definition) is 1. The van der Waals surface area contributed by atoms with Gasteiger partial charge in [-0.1, -0.05) is 0 Å². The molecule has 0 spiro atoms. The van der Waals surface area contributed by atoms with Crippen molar-refractivity contribution in [2.45, 2.75) is 23.8 Å². The first-order valence-corrected chi connectivity index (χ1v) is 8.34. The summed E-state index contributed by atoms with van der Waals surface area (Å²) in [6.45, 7) is 0.947. The Morgan fingerprint density at radius 2 is 1.86 bits per heavy atom. The van der Waals surface area contributed by atoms with Gasteiger partial charge in [-0.15, -0.1) is 0 Å². The van der Waals surface area contributed by atoms with Gasteiger partial charge in [0.2, 0.25) is 10.0 Å². The molecule has 0 bridgehead atoms. The van der Waals surface area contributed by atoms with Gasteiger partial charge in [-0.2, -0.15) is 4.31 Å². The lowest BCUT2D eigenvalue weighted by atomic mass is 9.98. The fourth-order valence-corrected chi connectivity index (χ4v) is 4.89. The lowest BCUT2D eigenvalue weighted by molar-refractivity contribution is -0.384. The number of nitro groups is 1. The van der Waals surface area contributed by atoms with Gasteiger partial charge in [0.25, 0.3) is 5.69 Å². The molecule has 1 saturated carbocycles. The van der Waals surface area contributed by atoms with Gasteiger partial charge in [-0.3, -0.25) is 10.1 Å². The fourth-order valence-electron chi connectivity index (χ4n) is 3.35. The number of non-ortho nitro benzene ring substituents is 1. The first-order chi connectivity index (χ1) is 9.89. The summed E-state index contributed by atoms with van der Waals surface area (Å²) >= 11 is 0. The summed E-state index contributed by atoms with van der Waals surface area (Å²) in [6, 6.07) is 5.10. The molecule has 0 radical (unpaired) electrons. The lowest BCUT2D eigenvalue weighted by Crippen LogP contribution is -2.33. The number of nitrogens with zero attached hydrogens (tertiary/aromatic N) is 2. The maximum absolute atomic E-state index is 12.6. The van der Waals surface area contributed by atoms with E-state index in [1.165, 1.54) is 28.6 Å². The highest BCUT2D eigenvalue weighted by atomic mass is 32.2. The zero-order valence-corrected chi connectivity index (χ0v) is 12.2. The van der Waals surface area contributed by atoms with Gasteiger partial charge in [0.05, 0.1) is 9.82 Å². The molecule has 3 atom stereocenters. The Morgan fingerprint density at radius 1 is 1.19 bits per heavy atom. The van der Waals surface area contributed by atoms with Gasteiger partial charge >= 0.3 is 0 Å². The molecule has 7 nitrogen and oxygen atoms in total. The first-order valence-electron chi connectivity index (χ1n) is 6.90. The van der Waals surface area contributed by atoms with Crippen molar-refractivity contribution >= 4 is 15.7 Å². The van der Waals surface area contributed by atoms with Gasteiger partial charge in [0, 0.05) is 31.3 Å². The van der Waals surface area contributed by atoms with E-state index >= 15 is 0 Å². The molecular weight excluding hydrogens is 294 g/mol. The van der Waals surface area contributed by atoms with Crippen molar-refractivity contribution in [3.05, 3.63) is 34.4 Å². The second-order valence-corrected chi connectivity index (χ2v) is 7.68. The lowest BCUT2D eigenvalue weighted by Gasteiger charge is -2.18. The van der Waals surface area contributed by atoms with Gasteiger partial charge in [0.15, 0.2) is 0 Å². The summed E-state index contributed by atoms with van der Waals surface area (Å²) in [5.41, 5.74) is 5.90. The quantitative estimate of drug-likeness (QED) is 0.660. The van der Waals surface area contributed by atoms with Gasteiger partial charge in [-0.25, -0.2) is 8.42 Å². The molecule has 1 aliphatic carbocycles. The Bertz CT molecular complexity index is 658. The molecule has 1 aromatic rings. The second-order valence-electron chi connectivity index (χ2n) is 5.74. The molecule has 2 N–H and O–H groups in total. The largest absolute Gasteiger partial charge is 0.327 e. The van der Waals surface area contributed by atoms with E-state index in [2.05, 4.69) is 0 Å². The predicted molar refractivity (Wildman–Crippen MR) is 76.0 cm³/mol. The van der Waals surface area contributed by atoms with Crippen LogP contribution in [-0.2, 0) is 10.0 Å². The molecule has 1 saturated heterocycles. The Morgan fingerprint density at radius 3 is 2.43 bits per heavy atom. The molecule has 114 valence electrons. The Balaban J connectivity index is 1.83. The highest BCUT2D eigenvalue weighted by molar-refractivity contribution is 7.89. The van der Waals surface area contributed by atoms with Crippen LogP contribution >= 0.6 is 0 Å². The molecule has 0 unspecified atom stereocenters. The maximum atomic E-state index is 12.6. The van der Waals surface area contributed by atoms with E-state index in [4.69, 9.17) is 5.73 Å². The van der Waals surface area contributed by atoms with Crippen LogP contribution in [0.25, 0.3) is 0 Å². The molecule has 8 heteroatoms. The Hall–Kier alpha value is -1.51. The standard InChI is InChI=1S/C13H17N3O4S/c14-13-6-1-9-7-15(8-12(9)13)21(19,20)11-4-2-10(3-5-11)16(17)18/h2-5,9,12-13H,1,6-8,14H2/t9-,12-,13+/m0/s1. The third-order valence-electron chi connectivity index (χ3n) is 4.56. The van der Waals surface area contributed by atoms with Crippen LogP contribution in [0.3, 0.4) is 0 Å². The minimum Gasteiger partial charge on any atom is -0.327 e. The molecule has 0 aromatic heterocycles. The van der Waals surface area contributed by atoms with Crippen molar-refractivity contribution in [1.29, 1.82) is 0 Å². The number of hydrogen-bond acceptors (Lipinski definition) is 5. The predicted octanol–water partition coefficient (Wildman–Crippen LogP) is 0.953. The summed E-state index contributed by atoms with van der Waals surface area (Å²) in [4.78, 5) is 10.2. The van der Waals surface area contributed by atoms with E-state index < -0.39 is 14.9 Å². The zero-order chi connectivity index (χ0) is 15.2. The smallest absolute Gasteiger partial charge is 0.269 e. The second kappa shape index (κ2) is 5.04. The monoisotopic (exact) mass is 311 g/mol. The van der Waals surface area contributed by atoms with E-state index in [1.54, 1.807) is 0 Å². The number of nitro benzene ring substituents is 1. The van der Waals surface area contributed by atoms with E-state index in [1.807, 2.05) is 0 Å². The number of sulfonamides is 1. The molecule has 21 heavy (non-hydrogen) atoms. The van der Waals surface area contributed by atoms with Crippen LogP contribution < -0.4 is 5.73 Å². The van der Waals surface area contributed by atoms with Crippen LogP contribution in [0, 0.1) is 22.0 Å². The third-order valence-corrected chi connectivity index (χ3v) is 6.41. The van der Waals surface area contributed by atoms with Crippen molar-refractivity contribution in [2.24, 2.45) is 17.6 Å². The maximum Gasteiger partial charge on any atom is 0.269 e. The van der Waals surface area contributed by atoms with E-state index in [0.29, 0.717) is 19.0 Å². The summed E-state index contributed by atoms with van der Waals surface area (Å²) < 4.78 is 26.6. The van der Waals surface area contributed by atoms with E-state index in [0.717, 1.165) is 12.8 Å². The first kappa shape index (κ1) is 14.4. The van der Waals surface area contributed by atoms with Crippen molar-refractivity contribution in [3.63, 3.8) is 0 Å². The third kappa shape index (κ3) is 2.43. The van der Waals surface area contributed by atoms with Gasteiger partial charge < -0.3 is 5.73 Å². The molecule has 1 heterocycles. The molecule has 1 aromatic carbocycles. The summed E-state index contributed by atoms with van der Waals surface area (Å²) in [7, 11) is -3.59. The Kier molecular flexibility index (Phi) is 3.46.